The van der Waals surface area contributed by atoms with Crippen LogP contribution >= 0.6 is 11.8 Å². The summed E-state index contributed by atoms with van der Waals surface area (Å²) in [4.78, 5) is 32.2. The minimum atomic E-state index is -0.353. The molecular weight excluding hydrogens is 358 g/mol. The van der Waals surface area contributed by atoms with E-state index in [4.69, 9.17) is 4.98 Å². The maximum atomic E-state index is 13.0. The first-order valence-electron chi connectivity index (χ1n) is 9.07. The number of para-hydroxylation sites is 2. The molecule has 0 spiro atoms. The van der Waals surface area contributed by atoms with Crippen LogP contribution in [-0.2, 0) is 4.79 Å². The smallest absolute Gasteiger partial charge is 0.262 e. The molecular formula is C21H21N3O2S. The first-order valence-corrected chi connectivity index (χ1v) is 9.95. The number of rotatable bonds is 5. The van der Waals surface area contributed by atoms with Crippen LogP contribution in [0.1, 0.15) is 25.8 Å². The molecule has 0 aliphatic heterocycles. The normalized spacial score (nSPS) is 14.9. The van der Waals surface area contributed by atoms with Crippen molar-refractivity contribution in [2.75, 3.05) is 11.9 Å². The number of fused-ring (bicyclic) bond motifs is 1. The maximum absolute atomic E-state index is 13.0. The summed E-state index contributed by atoms with van der Waals surface area (Å²) in [6, 6.07) is 17.2. The Labute approximate surface area is 162 Å². The van der Waals surface area contributed by atoms with Crippen molar-refractivity contribution in [1.82, 2.24) is 9.55 Å². The summed E-state index contributed by atoms with van der Waals surface area (Å²) in [6.45, 7) is 1.87. The summed E-state index contributed by atoms with van der Waals surface area (Å²) in [7, 11) is 1.77. The number of nitrogens with zero attached hydrogens (tertiary/aromatic N) is 3. The molecule has 0 saturated heterocycles. The van der Waals surface area contributed by atoms with Gasteiger partial charge in [-0.25, -0.2) is 4.98 Å². The van der Waals surface area contributed by atoms with Crippen LogP contribution in [0, 0.1) is 0 Å². The van der Waals surface area contributed by atoms with Gasteiger partial charge in [-0.15, -0.1) is 0 Å². The Bertz CT molecular complexity index is 1040. The van der Waals surface area contributed by atoms with E-state index in [2.05, 4.69) is 0 Å². The van der Waals surface area contributed by atoms with Crippen molar-refractivity contribution in [3.63, 3.8) is 0 Å². The standard InChI is InChI=1S/C21H21N3O2S/c1-14(19(25)23(2)15-8-4-3-5-9-15)27-21-22-18-11-7-6-10-17(18)20(26)24(21)16-12-13-16/h3-11,14,16H,12-13H2,1-2H3. The number of amides is 1. The number of hydrogen-bond donors (Lipinski definition) is 0. The number of carbonyl (C=O) groups is 1. The number of anilines is 1. The third-order valence-corrected chi connectivity index (χ3v) is 5.85. The maximum Gasteiger partial charge on any atom is 0.262 e. The molecule has 1 aromatic heterocycles. The van der Waals surface area contributed by atoms with E-state index in [1.54, 1.807) is 16.5 Å². The molecule has 1 saturated carbocycles. The monoisotopic (exact) mass is 379 g/mol. The van der Waals surface area contributed by atoms with E-state index in [0.717, 1.165) is 18.5 Å². The quantitative estimate of drug-likeness (QED) is 0.499. The Hall–Kier alpha value is -2.60. The molecule has 4 rings (SSSR count). The van der Waals surface area contributed by atoms with Gasteiger partial charge in [-0.2, -0.15) is 0 Å². The lowest BCUT2D eigenvalue weighted by atomic mass is 10.2. The molecule has 0 N–H and O–H groups in total. The van der Waals surface area contributed by atoms with Gasteiger partial charge in [0, 0.05) is 18.8 Å². The predicted molar refractivity (Wildman–Crippen MR) is 109 cm³/mol. The fourth-order valence-electron chi connectivity index (χ4n) is 3.12. The highest BCUT2D eigenvalue weighted by molar-refractivity contribution is 8.00. The molecule has 1 heterocycles. The zero-order valence-electron chi connectivity index (χ0n) is 15.3. The molecule has 1 unspecified atom stereocenters. The largest absolute Gasteiger partial charge is 0.315 e. The molecule has 1 atom stereocenters. The third-order valence-electron chi connectivity index (χ3n) is 4.79. The Morgan fingerprint density at radius 2 is 1.81 bits per heavy atom. The SMILES string of the molecule is CC(Sc1nc2ccccc2c(=O)n1C1CC1)C(=O)N(C)c1ccccc1. The van der Waals surface area contributed by atoms with Crippen molar-refractivity contribution in [2.24, 2.45) is 0 Å². The van der Waals surface area contributed by atoms with Gasteiger partial charge in [0.2, 0.25) is 5.91 Å². The van der Waals surface area contributed by atoms with Gasteiger partial charge in [-0.05, 0) is 44.0 Å². The van der Waals surface area contributed by atoms with Gasteiger partial charge in [0.15, 0.2) is 5.16 Å². The van der Waals surface area contributed by atoms with Crippen molar-refractivity contribution < 1.29 is 4.79 Å². The zero-order valence-corrected chi connectivity index (χ0v) is 16.1. The second-order valence-corrected chi connectivity index (χ2v) is 8.12. The van der Waals surface area contributed by atoms with Crippen LogP contribution in [0.25, 0.3) is 10.9 Å². The minimum absolute atomic E-state index is 0.0123. The Morgan fingerprint density at radius 1 is 1.15 bits per heavy atom. The van der Waals surface area contributed by atoms with Crippen LogP contribution in [0.15, 0.2) is 64.5 Å². The molecule has 0 bridgehead atoms. The lowest BCUT2D eigenvalue weighted by Gasteiger charge is -2.22. The molecule has 138 valence electrons. The summed E-state index contributed by atoms with van der Waals surface area (Å²) < 4.78 is 1.78. The highest BCUT2D eigenvalue weighted by atomic mass is 32.2. The van der Waals surface area contributed by atoms with Crippen molar-refractivity contribution in [2.45, 2.75) is 36.2 Å². The fourth-order valence-corrected chi connectivity index (χ4v) is 4.20. The number of hydrogen-bond acceptors (Lipinski definition) is 4. The number of benzene rings is 2. The fraction of sp³-hybridized carbons (Fsp3) is 0.286. The summed E-state index contributed by atoms with van der Waals surface area (Å²) in [5.41, 5.74) is 1.51. The lowest BCUT2D eigenvalue weighted by Crippen LogP contribution is -2.34. The van der Waals surface area contributed by atoms with Gasteiger partial charge in [0.1, 0.15) is 0 Å². The molecule has 1 aliphatic rings. The van der Waals surface area contributed by atoms with E-state index in [1.165, 1.54) is 11.8 Å². The van der Waals surface area contributed by atoms with E-state index < -0.39 is 0 Å². The Morgan fingerprint density at radius 3 is 2.52 bits per heavy atom. The highest BCUT2D eigenvalue weighted by Gasteiger charge is 2.30. The van der Waals surface area contributed by atoms with Gasteiger partial charge < -0.3 is 4.90 Å². The number of aromatic nitrogens is 2. The van der Waals surface area contributed by atoms with Crippen molar-refractivity contribution in [3.8, 4) is 0 Å². The summed E-state index contributed by atoms with van der Waals surface area (Å²) >= 11 is 1.36. The van der Waals surface area contributed by atoms with E-state index in [0.29, 0.717) is 16.1 Å². The van der Waals surface area contributed by atoms with Crippen LogP contribution in [0.2, 0.25) is 0 Å². The Kier molecular flexibility index (Phi) is 4.74. The second-order valence-electron chi connectivity index (χ2n) is 6.81. The average molecular weight is 379 g/mol. The first-order chi connectivity index (χ1) is 13.1. The van der Waals surface area contributed by atoms with Gasteiger partial charge in [0.25, 0.3) is 5.56 Å². The summed E-state index contributed by atoms with van der Waals surface area (Å²) in [5, 5.41) is 0.908. The van der Waals surface area contributed by atoms with E-state index in [9.17, 15) is 9.59 Å². The van der Waals surface area contributed by atoms with Crippen LogP contribution < -0.4 is 10.5 Å². The average Bonchev–Trinajstić information content (AvgIpc) is 3.52. The first kappa shape index (κ1) is 17.8. The molecule has 1 amide bonds. The van der Waals surface area contributed by atoms with Gasteiger partial charge >= 0.3 is 0 Å². The molecule has 2 aromatic carbocycles. The second kappa shape index (κ2) is 7.19. The Balaban J connectivity index is 1.65. The lowest BCUT2D eigenvalue weighted by molar-refractivity contribution is -0.117. The van der Waals surface area contributed by atoms with Crippen molar-refractivity contribution >= 4 is 34.3 Å². The van der Waals surface area contributed by atoms with Crippen LogP contribution in [0.4, 0.5) is 5.69 Å². The molecule has 6 heteroatoms. The van der Waals surface area contributed by atoms with Crippen molar-refractivity contribution in [3.05, 3.63) is 65.0 Å². The van der Waals surface area contributed by atoms with Crippen molar-refractivity contribution in [1.29, 1.82) is 0 Å². The minimum Gasteiger partial charge on any atom is -0.315 e. The van der Waals surface area contributed by atoms with Crippen LogP contribution in [0.5, 0.6) is 0 Å². The van der Waals surface area contributed by atoms with Crippen LogP contribution in [0.3, 0.4) is 0 Å². The molecule has 1 fully saturated rings. The zero-order chi connectivity index (χ0) is 19.0. The molecule has 0 radical (unpaired) electrons. The number of thioether (sulfide) groups is 1. The molecule has 27 heavy (non-hydrogen) atoms. The predicted octanol–water partition coefficient (Wildman–Crippen LogP) is 3.88. The topological polar surface area (TPSA) is 55.2 Å². The van der Waals surface area contributed by atoms with Gasteiger partial charge in [0.05, 0.1) is 16.2 Å². The summed E-state index contributed by atoms with van der Waals surface area (Å²) in [5.74, 6) is -0.0176. The van der Waals surface area contributed by atoms with E-state index in [1.807, 2.05) is 61.5 Å². The van der Waals surface area contributed by atoms with E-state index in [-0.39, 0.29) is 22.8 Å². The molecule has 3 aromatic rings. The summed E-state index contributed by atoms with van der Waals surface area (Å²) in [6.07, 6.45) is 1.97. The highest BCUT2D eigenvalue weighted by Crippen LogP contribution is 2.37. The van der Waals surface area contributed by atoms with Gasteiger partial charge in [-0.1, -0.05) is 42.1 Å². The van der Waals surface area contributed by atoms with E-state index >= 15 is 0 Å². The number of carbonyl (C=O) groups excluding carboxylic acids is 1. The molecule has 1 aliphatic carbocycles. The molecule has 5 nitrogen and oxygen atoms in total. The van der Waals surface area contributed by atoms with Crippen LogP contribution in [-0.4, -0.2) is 27.8 Å². The van der Waals surface area contributed by atoms with Gasteiger partial charge in [-0.3, -0.25) is 14.2 Å². The third kappa shape index (κ3) is 3.49.